The second-order valence-corrected chi connectivity index (χ2v) is 4.80. The van der Waals surface area contributed by atoms with Gasteiger partial charge in [-0.1, -0.05) is 20.8 Å². The third-order valence-corrected chi connectivity index (χ3v) is 3.84. The number of rotatable bonds is 8. The first-order valence-corrected chi connectivity index (χ1v) is 7.08. The minimum Gasteiger partial charge on any atom is -0.390 e. The standard InChI is InChI=1S/C13H29N3O/c1-4-15(5-2)8-7-9-16(6-3)12-10-14-11-13(12)17/h12-14,17H,4-11H2,1-3H3. The molecule has 1 saturated heterocycles. The lowest BCUT2D eigenvalue weighted by Crippen LogP contribution is -2.44. The van der Waals surface area contributed by atoms with Gasteiger partial charge in [-0.25, -0.2) is 0 Å². The van der Waals surface area contributed by atoms with Gasteiger partial charge in [-0.05, 0) is 39.1 Å². The Morgan fingerprint density at radius 1 is 1.06 bits per heavy atom. The molecule has 1 aliphatic rings. The van der Waals surface area contributed by atoms with Crippen LogP contribution in [0.4, 0.5) is 0 Å². The second kappa shape index (κ2) is 8.03. The van der Waals surface area contributed by atoms with E-state index in [4.69, 9.17) is 0 Å². The van der Waals surface area contributed by atoms with Gasteiger partial charge in [-0.2, -0.15) is 0 Å². The monoisotopic (exact) mass is 243 g/mol. The molecule has 0 saturated carbocycles. The lowest BCUT2D eigenvalue weighted by molar-refractivity contribution is 0.0833. The second-order valence-electron chi connectivity index (χ2n) is 4.80. The molecular weight excluding hydrogens is 214 g/mol. The van der Waals surface area contributed by atoms with Crippen molar-refractivity contribution >= 4 is 0 Å². The average Bonchev–Trinajstić information content (AvgIpc) is 2.76. The summed E-state index contributed by atoms with van der Waals surface area (Å²) in [5.41, 5.74) is 0. The van der Waals surface area contributed by atoms with Crippen LogP contribution in [0.1, 0.15) is 27.2 Å². The molecule has 0 spiro atoms. The summed E-state index contributed by atoms with van der Waals surface area (Å²) < 4.78 is 0. The number of β-amino-alcohol motifs (C(OH)–C–C–N with tert-alkyl or cyclic N) is 1. The molecule has 0 radical (unpaired) electrons. The molecule has 102 valence electrons. The van der Waals surface area contributed by atoms with E-state index in [-0.39, 0.29) is 6.10 Å². The first-order valence-electron chi connectivity index (χ1n) is 7.08. The van der Waals surface area contributed by atoms with Gasteiger partial charge in [0.2, 0.25) is 0 Å². The van der Waals surface area contributed by atoms with Gasteiger partial charge < -0.3 is 15.3 Å². The summed E-state index contributed by atoms with van der Waals surface area (Å²) in [7, 11) is 0. The highest BCUT2D eigenvalue weighted by molar-refractivity contribution is 4.88. The molecule has 1 fully saturated rings. The van der Waals surface area contributed by atoms with E-state index in [0.29, 0.717) is 6.04 Å². The summed E-state index contributed by atoms with van der Waals surface area (Å²) in [5.74, 6) is 0. The molecule has 2 atom stereocenters. The predicted octanol–water partition coefficient (Wildman–Crippen LogP) is 0.373. The minimum atomic E-state index is -0.191. The highest BCUT2D eigenvalue weighted by atomic mass is 16.3. The zero-order chi connectivity index (χ0) is 12.7. The Morgan fingerprint density at radius 3 is 2.24 bits per heavy atom. The maximum Gasteiger partial charge on any atom is 0.0831 e. The lowest BCUT2D eigenvalue weighted by atomic mass is 10.1. The first kappa shape index (κ1) is 14.9. The number of nitrogens with one attached hydrogen (secondary N) is 1. The molecule has 0 aliphatic carbocycles. The number of hydrogen-bond acceptors (Lipinski definition) is 4. The number of aliphatic hydroxyl groups is 1. The van der Waals surface area contributed by atoms with Crippen LogP contribution in [0, 0.1) is 0 Å². The molecule has 2 unspecified atom stereocenters. The SMILES string of the molecule is CCN(CC)CCCN(CC)C1CNCC1O. The van der Waals surface area contributed by atoms with Crippen molar-refractivity contribution in [3.63, 3.8) is 0 Å². The summed E-state index contributed by atoms with van der Waals surface area (Å²) in [6, 6.07) is 0.316. The Labute approximate surface area is 106 Å². The Kier molecular flexibility index (Phi) is 7.04. The molecule has 2 N–H and O–H groups in total. The topological polar surface area (TPSA) is 38.7 Å². The third kappa shape index (κ3) is 4.54. The lowest BCUT2D eigenvalue weighted by Gasteiger charge is -2.30. The zero-order valence-electron chi connectivity index (χ0n) is 11.7. The maximum atomic E-state index is 9.88. The van der Waals surface area contributed by atoms with Crippen molar-refractivity contribution < 1.29 is 5.11 Å². The molecule has 0 aromatic rings. The number of hydrogen-bond donors (Lipinski definition) is 2. The van der Waals surface area contributed by atoms with E-state index in [9.17, 15) is 5.11 Å². The Balaban J connectivity index is 2.27. The van der Waals surface area contributed by atoms with Crippen LogP contribution in [0.25, 0.3) is 0 Å². The van der Waals surface area contributed by atoms with Gasteiger partial charge in [-0.15, -0.1) is 0 Å². The van der Waals surface area contributed by atoms with Crippen molar-refractivity contribution in [1.82, 2.24) is 15.1 Å². The van der Waals surface area contributed by atoms with Crippen LogP contribution < -0.4 is 5.32 Å². The first-order chi connectivity index (χ1) is 8.22. The summed E-state index contributed by atoms with van der Waals surface area (Å²) in [6.45, 7) is 13.8. The highest BCUT2D eigenvalue weighted by Crippen LogP contribution is 2.09. The van der Waals surface area contributed by atoms with Gasteiger partial charge in [-0.3, -0.25) is 4.90 Å². The average molecular weight is 243 g/mol. The van der Waals surface area contributed by atoms with Gasteiger partial charge in [0.1, 0.15) is 0 Å². The van der Waals surface area contributed by atoms with E-state index in [1.165, 1.54) is 13.0 Å². The van der Waals surface area contributed by atoms with Gasteiger partial charge in [0.05, 0.1) is 6.10 Å². The van der Waals surface area contributed by atoms with Crippen LogP contribution in [0.5, 0.6) is 0 Å². The Bertz CT molecular complexity index is 197. The van der Waals surface area contributed by atoms with E-state index in [2.05, 4.69) is 35.9 Å². The van der Waals surface area contributed by atoms with Crippen LogP contribution in [-0.2, 0) is 0 Å². The number of nitrogens with zero attached hydrogens (tertiary/aromatic N) is 2. The molecule has 1 aliphatic heterocycles. The van der Waals surface area contributed by atoms with Crippen molar-refractivity contribution in [3.05, 3.63) is 0 Å². The van der Waals surface area contributed by atoms with Crippen molar-refractivity contribution in [2.75, 3.05) is 45.8 Å². The molecule has 1 rings (SSSR count). The van der Waals surface area contributed by atoms with Crippen molar-refractivity contribution in [1.29, 1.82) is 0 Å². The van der Waals surface area contributed by atoms with E-state index in [0.717, 1.165) is 39.3 Å². The van der Waals surface area contributed by atoms with Crippen molar-refractivity contribution in [3.8, 4) is 0 Å². The fourth-order valence-electron chi connectivity index (χ4n) is 2.62. The minimum absolute atomic E-state index is 0.191. The van der Waals surface area contributed by atoms with Crippen LogP contribution in [0.3, 0.4) is 0 Å². The molecule has 17 heavy (non-hydrogen) atoms. The van der Waals surface area contributed by atoms with E-state index >= 15 is 0 Å². The van der Waals surface area contributed by atoms with Gasteiger partial charge in [0, 0.05) is 19.1 Å². The molecule has 0 amide bonds. The number of aliphatic hydroxyl groups excluding tert-OH is 1. The van der Waals surface area contributed by atoms with Crippen LogP contribution in [0.2, 0.25) is 0 Å². The van der Waals surface area contributed by atoms with E-state index in [1.54, 1.807) is 0 Å². The summed E-state index contributed by atoms with van der Waals surface area (Å²) in [5, 5.41) is 13.1. The predicted molar refractivity (Wildman–Crippen MR) is 72.3 cm³/mol. The molecule has 4 heteroatoms. The van der Waals surface area contributed by atoms with Crippen LogP contribution in [0.15, 0.2) is 0 Å². The van der Waals surface area contributed by atoms with Crippen LogP contribution >= 0.6 is 0 Å². The highest BCUT2D eigenvalue weighted by Gasteiger charge is 2.29. The molecule has 0 bridgehead atoms. The van der Waals surface area contributed by atoms with Crippen LogP contribution in [-0.4, -0.2) is 72.9 Å². The molecule has 1 heterocycles. The molecule has 0 aromatic heterocycles. The number of likely N-dealkylation sites (N-methyl/N-ethyl adjacent to an activating group) is 1. The quantitative estimate of drug-likeness (QED) is 0.646. The molecule has 0 aromatic carbocycles. The third-order valence-electron chi connectivity index (χ3n) is 3.84. The molecular formula is C13H29N3O. The summed E-state index contributed by atoms with van der Waals surface area (Å²) in [4.78, 5) is 4.87. The smallest absolute Gasteiger partial charge is 0.0831 e. The summed E-state index contributed by atoms with van der Waals surface area (Å²) in [6.07, 6.45) is 1.00. The zero-order valence-corrected chi connectivity index (χ0v) is 11.7. The van der Waals surface area contributed by atoms with Gasteiger partial charge in [0.25, 0.3) is 0 Å². The van der Waals surface area contributed by atoms with Gasteiger partial charge >= 0.3 is 0 Å². The normalized spacial score (nSPS) is 25.1. The fraction of sp³-hybridized carbons (Fsp3) is 1.00. The van der Waals surface area contributed by atoms with Crippen molar-refractivity contribution in [2.24, 2.45) is 0 Å². The fourth-order valence-corrected chi connectivity index (χ4v) is 2.62. The Hall–Kier alpha value is -0.160. The van der Waals surface area contributed by atoms with E-state index < -0.39 is 0 Å². The molecule has 4 nitrogen and oxygen atoms in total. The largest absolute Gasteiger partial charge is 0.390 e. The Morgan fingerprint density at radius 2 is 1.76 bits per heavy atom. The van der Waals surface area contributed by atoms with Gasteiger partial charge in [0.15, 0.2) is 0 Å². The maximum absolute atomic E-state index is 9.88. The van der Waals surface area contributed by atoms with E-state index in [1.807, 2.05) is 0 Å². The summed E-state index contributed by atoms with van der Waals surface area (Å²) >= 11 is 0. The van der Waals surface area contributed by atoms with Crippen molar-refractivity contribution in [2.45, 2.75) is 39.3 Å².